The fourth-order valence-corrected chi connectivity index (χ4v) is 1.65. The van der Waals surface area contributed by atoms with Gasteiger partial charge < -0.3 is 10.1 Å². The fraction of sp³-hybridized carbons (Fsp3) is 0.357. The lowest BCUT2D eigenvalue weighted by molar-refractivity contribution is 0.222. The zero-order valence-corrected chi connectivity index (χ0v) is 12.0. The van der Waals surface area contributed by atoms with Crippen LogP contribution in [-0.4, -0.2) is 27.6 Å². The fourth-order valence-electron chi connectivity index (χ4n) is 1.65. The molecule has 0 bridgehead atoms. The van der Waals surface area contributed by atoms with Gasteiger partial charge in [0.15, 0.2) is 5.82 Å². The summed E-state index contributed by atoms with van der Waals surface area (Å²) in [5, 5.41) is 2.91. The molecule has 112 valence electrons. The Kier molecular flexibility index (Phi) is 4.62. The number of ether oxygens (including phenoxy) is 1. The third-order valence-corrected chi connectivity index (χ3v) is 2.46. The van der Waals surface area contributed by atoms with Gasteiger partial charge in [-0.25, -0.2) is 8.78 Å². The van der Waals surface area contributed by atoms with E-state index in [1.165, 1.54) is 0 Å². The number of hydrogen-bond acceptors (Lipinski definition) is 5. The van der Waals surface area contributed by atoms with E-state index >= 15 is 0 Å². The highest BCUT2D eigenvalue weighted by Gasteiger charge is 2.14. The Bertz CT molecular complexity index is 634. The van der Waals surface area contributed by atoms with Crippen molar-refractivity contribution >= 4 is 5.95 Å². The Balaban J connectivity index is 2.50. The Morgan fingerprint density at radius 1 is 1.19 bits per heavy atom. The van der Waals surface area contributed by atoms with Crippen molar-refractivity contribution in [3.63, 3.8) is 0 Å². The van der Waals surface area contributed by atoms with E-state index in [2.05, 4.69) is 20.3 Å². The lowest BCUT2D eigenvalue weighted by atomic mass is 10.2. The molecule has 0 atom stereocenters. The van der Waals surface area contributed by atoms with Gasteiger partial charge in [-0.1, -0.05) is 0 Å². The van der Waals surface area contributed by atoms with E-state index in [0.29, 0.717) is 6.54 Å². The molecule has 0 fully saturated rings. The van der Waals surface area contributed by atoms with Crippen LogP contribution >= 0.6 is 0 Å². The van der Waals surface area contributed by atoms with E-state index in [9.17, 15) is 8.78 Å². The molecular formula is C14H16F2N4O. The summed E-state index contributed by atoms with van der Waals surface area (Å²) in [6.45, 7) is 6.09. The number of halogens is 2. The predicted molar refractivity (Wildman–Crippen MR) is 75.1 cm³/mol. The number of benzene rings is 1. The number of hydrogen-bond donors (Lipinski definition) is 1. The summed E-state index contributed by atoms with van der Waals surface area (Å²) in [6.07, 6.45) is -0.146. The van der Waals surface area contributed by atoms with Crippen LogP contribution in [0.3, 0.4) is 0 Å². The van der Waals surface area contributed by atoms with Gasteiger partial charge in [-0.15, -0.1) is 0 Å². The zero-order valence-electron chi connectivity index (χ0n) is 12.0. The predicted octanol–water partition coefficient (Wildman–Crippen LogP) is 3.04. The highest BCUT2D eigenvalue weighted by Crippen LogP contribution is 2.23. The minimum Gasteiger partial charge on any atom is -0.461 e. The molecule has 1 N–H and O–H groups in total. The second-order valence-electron chi connectivity index (χ2n) is 4.59. The molecule has 0 saturated heterocycles. The first-order chi connectivity index (χ1) is 9.99. The van der Waals surface area contributed by atoms with Gasteiger partial charge in [0.05, 0.1) is 11.7 Å². The lowest BCUT2D eigenvalue weighted by Crippen LogP contribution is -2.12. The second kappa shape index (κ2) is 6.43. The lowest BCUT2D eigenvalue weighted by Gasteiger charge is -2.11. The quantitative estimate of drug-likeness (QED) is 0.918. The molecule has 0 aliphatic rings. The van der Waals surface area contributed by atoms with Crippen LogP contribution in [0.1, 0.15) is 20.8 Å². The standard InChI is InChI=1S/C14H16F2N4O/c1-4-17-13-18-12(19-14(20-13)21-8(2)3)10-7-9(15)5-6-11(10)16/h5-8H,4H2,1-3H3,(H,17,18,19,20). The number of nitrogens with one attached hydrogen (secondary N) is 1. The average molecular weight is 294 g/mol. The first-order valence-corrected chi connectivity index (χ1v) is 6.61. The molecule has 0 unspecified atom stereocenters. The van der Waals surface area contributed by atoms with Gasteiger partial charge >= 0.3 is 6.01 Å². The molecule has 2 aromatic rings. The number of nitrogens with zero attached hydrogens (tertiary/aromatic N) is 3. The third kappa shape index (κ3) is 3.84. The molecule has 1 heterocycles. The number of aromatic nitrogens is 3. The highest BCUT2D eigenvalue weighted by molar-refractivity contribution is 5.57. The van der Waals surface area contributed by atoms with Crippen LogP contribution in [0.4, 0.5) is 14.7 Å². The van der Waals surface area contributed by atoms with Crippen LogP contribution in [0.25, 0.3) is 11.4 Å². The molecule has 2 rings (SSSR count). The minimum atomic E-state index is -0.611. The summed E-state index contributed by atoms with van der Waals surface area (Å²) in [4.78, 5) is 12.2. The van der Waals surface area contributed by atoms with Gasteiger partial charge in [0.2, 0.25) is 5.95 Å². The van der Waals surface area contributed by atoms with E-state index < -0.39 is 11.6 Å². The van der Waals surface area contributed by atoms with E-state index in [-0.39, 0.29) is 29.5 Å². The first kappa shape index (κ1) is 15.1. The maximum absolute atomic E-state index is 13.8. The van der Waals surface area contributed by atoms with Crippen LogP contribution in [0, 0.1) is 11.6 Å². The summed E-state index contributed by atoms with van der Waals surface area (Å²) in [7, 11) is 0. The highest BCUT2D eigenvalue weighted by atomic mass is 19.1. The van der Waals surface area contributed by atoms with E-state index in [1.807, 2.05) is 20.8 Å². The molecule has 0 aliphatic heterocycles. The smallest absolute Gasteiger partial charge is 0.322 e. The molecule has 0 saturated carbocycles. The molecular weight excluding hydrogens is 278 g/mol. The molecule has 5 nitrogen and oxygen atoms in total. The summed E-state index contributed by atoms with van der Waals surface area (Å²) < 4.78 is 32.6. The Labute approximate surface area is 121 Å². The Morgan fingerprint density at radius 2 is 1.95 bits per heavy atom. The Hall–Kier alpha value is -2.31. The molecule has 0 aliphatic carbocycles. The van der Waals surface area contributed by atoms with Crippen molar-refractivity contribution in [1.82, 2.24) is 15.0 Å². The monoisotopic (exact) mass is 294 g/mol. The van der Waals surface area contributed by atoms with Crippen molar-refractivity contribution in [2.24, 2.45) is 0 Å². The molecule has 0 radical (unpaired) electrons. The molecule has 0 spiro atoms. The largest absolute Gasteiger partial charge is 0.461 e. The third-order valence-electron chi connectivity index (χ3n) is 2.46. The van der Waals surface area contributed by atoms with Crippen LogP contribution < -0.4 is 10.1 Å². The van der Waals surface area contributed by atoms with E-state index in [0.717, 1.165) is 18.2 Å². The summed E-state index contributed by atoms with van der Waals surface area (Å²) in [5.74, 6) is -0.904. The van der Waals surface area contributed by atoms with Crippen molar-refractivity contribution in [3.05, 3.63) is 29.8 Å². The van der Waals surface area contributed by atoms with Crippen LogP contribution in [0.15, 0.2) is 18.2 Å². The van der Waals surface area contributed by atoms with E-state index in [4.69, 9.17) is 4.74 Å². The topological polar surface area (TPSA) is 59.9 Å². The summed E-state index contributed by atoms with van der Waals surface area (Å²) in [5.41, 5.74) is -0.0369. The van der Waals surface area contributed by atoms with Gasteiger partial charge in [-0.05, 0) is 39.0 Å². The van der Waals surface area contributed by atoms with Crippen molar-refractivity contribution in [3.8, 4) is 17.4 Å². The molecule has 7 heteroatoms. The van der Waals surface area contributed by atoms with Crippen LogP contribution in [-0.2, 0) is 0 Å². The Morgan fingerprint density at radius 3 is 2.62 bits per heavy atom. The molecule has 21 heavy (non-hydrogen) atoms. The maximum Gasteiger partial charge on any atom is 0.322 e. The maximum atomic E-state index is 13.8. The average Bonchev–Trinajstić information content (AvgIpc) is 2.41. The molecule has 0 amide bonds. The number of anilines is 1. The van der Waals surface area contributed by atoms with Crippen molar-refractivity contribution in [2.45, 2.75) is 26.9 Å². The van der Waals surface area contributed by atoms with Gasteiger partial charge in [-0.3, -0.25) is 0 Å². The van der Waals surface area contributed by atoms with Crippen LogP contribution in [0.5, 0.6) is 6.01 Å². The number of rotatable bonds is 5. The SMILES string of the molecule is CCNc1nc(OC(C)C)nc(-c2cc(F)ccc2F)n1. The first-order valence-electron chi connectivity index (χ1n) is 6.61. The van der Waals surface area contributed by atoms with Gasteiger partial charge in [0.25, 0.3) is 0 Å². The zero-order chi connectivity index (χ0) is 15.4. The molecule has 1 aromatic heterocycles. The van der Waals surface area contributed by atoms with Crippen molar-refractivity contribution in [1.29, 1.82) is 0 Å². The second-order valence-corrected chi connectivity index (χ2v) is 4.59. The minimum absolute atomic E-state index is 0.0219. The summed E-state index contributed by atoms with van der Waals surface area (Å²) >= 11 is 0. The van der Waals surface area contributed by atoms with Gasteiger partial charge in [0.1, 0.15) is 11.6 Å². The molecule has 1 aromatic carbocycles. The van der Waals surface area contributed by atoms with Crippen molar-refractivity contribution in [2.75, 3.05) is 11.9 Å². The van der Waals surface area contributed by atoms with Crippen LogP contribution in [0.2, 0.25) is 0 Å². The van der Waals surface area contributed by atoms with E-state index in [1.54, 1.807) is 0 Å². The van der Waals surface area contributed by atoms with Gasteiger partial charge in [-0.2, -0.15) is 15.0 Å². The summed E-state index contributed by atoms with van der Waals surface area (Å²) in [6, 6.07) is 3.18. The normalized spacial score (nSPS) is 10.8. The van der Waals surface area contributed by atoms with Gasteiger partial charge in [0, 0.05) is 6.54 Å². The van der Waals surface area contributed by atoms with Crippen molar-refractivity contribution < 1.29 is 13.5 Å².